The second kappa shape index (κ2) is 3.61. The maximum atomic E-state index is 11.4. The second-order valence-corrected chi connectivity index (χ2v) is 3.76. The van der Waals surface area contributed by atoms with Gasteiger partial charge in [-0.1, -0.05) is 6.07 Å². The van der Waals surface area contributed by atoms with Crippen molar-refractivity contribution in [1.29, 1.82) is 0 Å². The predicted octanol–water partition coefficient (Wildman–Crippen LogP) is 0.497. The van der Waals surface area contributed by atoms with E-state index >= 15 is 0 Å². The molecule has 0 aliphatic carbocycles. The Balaban J connectivity index is 2.46. The lowest BCUT2D eigenvalue weighted by Gasteiger charge is -2.31. The molecule has 84 valence electrons. The van der Waals surface area contributed by atoms with Crippen molar-refractivity contribution in [3.8, 4) is 0 Å². The minimum Gasteiger partial charge on any atom is -0.362 e. The average Bonchev–Trinajstić information content (AvgIpc) is 2.57. The fourth-order valence-corrected chi connectivity index (χ4v) is 1.77. The highest BCUT2D eigenvalue weighted by molar-refractivity contribution is 5.75. The predicted molar refractivity (Wildman–Crippen MR) is 57.5 cm³/mol. The number of hydrogen-bond acceptors (Lipinski definition) is 4. The Bertz CT molecular complexity index is 444. The van der Waals surface area contributed by atoms with Gasteiger partial charge in [0.1, 0.15) is 0 Å². The fraction of sp³-hybridized carbons (Fsp3) is 0.273. The van der Waals surface area contributed by atoms with Crippen molar-refractivity contribution < 1.29 is 9.90 Å². The molecular weight excluding hydrogens is 206 g/mol. The molecule has 0 spiro atoms. The van der Waals surface area contributed by atoms with Gasteiger partial charge >= 0.3 is 0 Å². The van der Waals surface area contributed by atoms with Crippen LogP contribution in [0.15, 0.2) is 36.3 Å². The van der Waals surface area contributed by atoms with Gasteiger partial charge < -0.3 is 5.11 Å². The van der Waals surface area contributed by atoms with E-state index < -0.39 is 5.72 Å². The molecular formula is C11H13N3O2. The molecule has 2 heterocycles. The van der Waals surface area contributed by atoms with Crippen LogP contribution in [-0.4, -0.2) is 21.0 Å². The molecule has 2 N–H and O–H groups in total. The van der Waals surface area contributed by atoms with Crippen LogP contribution in [0.3, 0.4) is 0 Å². The first-order chi connectivity index (χ1) is 7.54. The SMILES string of the molecule is CC(=O)N1NC(C)=CC1(O)c1cccnc1. The number of aliphatic hydroxyl groups is 1. The largest absolute Gasteiger partial charge is 0.362 e. The Morgan fingerprint density at radius 1 is 1.62 bits per heavy atom. The molecule has 0 fully saturated rings. The van der Waals surface area contributed by atoms with Crippen molar-refractivity contribution in [3.05, 3.63) is 41.9 Å². The molecule has 0 saturated heterocycles. The summed E-state index contributed by atoms with van der Waals surface area (Å²) in [5.41, 5.74) is 2.63. The number of nitrogens with zero attached hydrogens (tertiary/aromatic N) is 2. The fourth-order valence-electron chi connectivity index (χ4n) is 1.77. The summed E-state index contributed by atoms with van der Waals surface area (Å²) >= 11 is 0. The lowest BCUT2D eigenvalue weighted by molar-refractivity contribution is -0.153. The molecule has 0 saturated carbocycles. The Hall–Kier alpha value is -1.88. The highest BCUT2D eigenvalue weighted by Crippen LogP contribution is 2.30. The van der Waals surface area contributed by atoms with Crippen LogP contribution < -0.4 is 5.43 Å². The Morgan fingerprint density at radius 3 is 2.94 bits per heavy atom. The van der Waals surface area contributed by atoms with E-state index in [2.05, 4.69) is 10.4 Å². The minimum atomic E-state index is -1.45. The smallest absolute Gasteiger partial charge is 0.240 e. The standard InChI is InChI=1S/C11H13N3O2/c1-8-6-11(16,14(13-8)9(2)15)10-4-3-5-12-7-10/h3-7,13,16H,1-2H3. The lowest BCUT2D eigenvalue weighted by Crippen LogP contribution is -2.49. The van der Waals surface area contributed by atoms with E-state index in [9.17, 15) is 9.90 Å². The third kappa shape index (κ3) is 1.55. The Morgan fingerprint density at radius 2 is 2.38 bits per heavy atom. The molecule has 1 aliphatic rings. The van der Waals surface area contributed by atoms with Gasteiger partial charge in [-0.3, -0.25) is 15.2 Å². The second-order valence-electron chi connectivity index (χ2n) is 3.76. The molecule has 1 aromatic heterocycles. The van der Waals surface area contributed by atoms with Crippen molar-refractivity contribution in [2.24, 2.45) is 0 Å². The highest BCUT2D eigenvalue weighted by atomic mass is 16.3. The van der Waals surface area contributed by atoms with Crippen molar-refractivity contribution in [2.75, 3.05) is 0 Å². The maximum Gasteiger partial charge on any atom is 0.240 e. The average molecular weight is 219 g/mol. The van der Waals surface area contributed by atoms with Crippen LogP contribution in [0.2, 0.25) is 0 Å². The van der Waals surface area contributed by atoms with E-state index in [1.54, 1.807) is 31.3 Å². The molecule has 1 atom stereocenters. The number of hydrazine groups is 1. The van der Waals surface area contributed by atoms with Crippen LogP contribution in [0.5, 0.6) is 0 Å². The van der Waals surface area contributed by atoms with Gasteiger partial charge in [-0.25, -0.2) is 5.01 Å². The lowest BCUT2D eigenvalue weighted by atomic mass is 10.0. The summed E-state index contributed by atoms with van der Waals surface area (Å²) in [6.45, 7) is 3.17. The van der Waals surface area contributed by atoms with Gasteiger partial charge in [-0.2, -0.15) is 0 Å². The van der Waals surface area contributed by atoms with Gasteiger partial charge in [-0.15, -0.1) is 0 Å². The van der Waals surface area contributed by atoms with Gasteiger partial charge in [-0.05, 0) is 19.1 Å². The number of nitrogens with one attached hydrogen (secondary N) is 1. The normalized spacial score (nSPS) is 23.9. The van der Waals surface area contributed by atoms with E-state index in [1.807, 2.05) is 0 Å². The van der Waals surface area contributed by atoms with Crippen molar-refractivity contribution in [1.82, 2.24) is 15.4 Å². The van der Waals surface area contributed by atoms with E-state index in [0.29, 0.717) is 5.56 Å². The van der Waals surface area contributed by atoms with Crippen LogP contribution in [0, 0.1) is 0 Å². The quantitative estimate of drug-likeness (QED) is 0.721. The molecule has 0 bridgehead atoms. The molecule has 2 rings (SSSR count). The van der Waals surface area contributed by atoms with Crippen LogP contribution in [0.1, 0.15) is 19.4 Å². The van der Waals surface area contributed by atoms with Crippen molar-refractivity contribution in [3.63, 3.8) is 0 Å². The highest BCUT2D eigenvalue weighted by Gasteiger charge is 2.41. The van der Waals surface area contributed by atoms with Crippen LogP contribution in [-0.2, 0) is 10.5 Å². The number of amides is 1. The summed E-state index contributed by atoms with van der Waals surface area (Å²) in [5, 5.41) is 11.7. The third-order valence-electron chi connectivity index (χ3n) is 2.45. The molecule has 5 nitrogen and oxygen atoms in total. The van der Waals surface area contributed by atoms with Gasteiger partial charge in [0.15, 0.2) is 0 Å². The Kier molecular flexibility index (Phi) is 2.40. The molecule has 5 heteroatoms. The topological polar surface area (TPSA) is 65.5 Å². The monoisotopic (exact) mass is 219 g/mol. The maximum absolute atomic E-state index is 11.4. The summed E-state index contributed by atoms with van der Waals surface area (Å²) < 4.78 is 0. The van der Waals surface area contributed by atoms with Gasteiger partial charge in [0, 0.05) is 30.6 Å². The number of aromatic nitrogens is 1. The summed E-state index contributed by atoms with van der Waals surface area (Å²) in [4.78, 5) is 15.4. The Labute approximate surface area is 93.4 Å². The molecule has 0 aromatic carbocycles. The van der Waals surface area contributed by atoms with Crippen LogP contribution >= 0.6 is 0 Å². The number of carbonyl (C=O) groups is 1. The molecule has 16 heavy (non-hydrogen) atoms. The van der Waals surface area contributed by atoms with E-state index in [1.165, 1.54) is 18.1 Å². The van der Waals surface area contributed by atoms with Crippen molar-refractivity contribution in [2.45, 2.75) is 19.6 Å². The van der Waals surface area contributed by atoms with E-state index in [0.717, 1.165) is 5.70 Å². The molecule has 1 amide bonds. The van der Waals surface area contributed by atoms with Gasteiger partial charge in [0.25, 0.3) is 0 Å². The van der Waals surface area contributed by atoms with Gasteiger partial charge in [0.05, 0.1) is 0 Å². The van der Waals surface area contributed by atoms with E-state index in [4.69, 9.17) is 0 Å². The zero-order valence-electron chi connectivity index (χ0n) is 9.14. The summed E-state index contributed by atoms with van der Waals surface area (Å²) in [6.07, 6.45) is 4.74. The number of rotatable bonds is 1. The van der Waals surface area contributed by atoms with Gasteiger partial charge in [0.2, 0.25) is 11.6 Å². The minimum absolute atomic E-state index is 0.264. The molecule has 1 aliphatic heterocycles. The number of pyridine rings is 1. The summed E-state index contributed by atoms with van der Waals surface area (Å²) in [6, 6.07) is 3.44. The summed E-state index contributed by atoms with van der Waals surface area (Å²) in [7, 11) is 0. The zero-order valence-corrected chi connectivity index (χ0v) is 9.14. The summed E-state index contributed by atoms with van der Waals surface area (Å²) in [5.74, 6) is -0.264. The first-order valence-corrected chi connectivity index (χ1v) is 4.94. The zero-order chi connectivity index (χ0) is 11.8. The molecule has 0 radical (unpaired) electrons. The van der Waals surface area contributed by atoms with Crippen molar-refractivity contribution >= 4 is 5.91 Å². The third-order valence-corrected chi connectivity index (χ3v) is 2.45. The van der Waals surface area contributed by atoms with Crippen LogP contribution in [0.4, 0.5) is 0 Å². The first kappa shape index (κ1) is 10.6. The molecule has 1 aromatic rings. The number of hydrogen-bond donors (Lipinski definition) is 2. The number of allylic oxidation sites excluding steroid dienone is 1. The molecule has 1 unspecified atom stereocenters. The first-order valence-electron chi connectivity index (χ1n) is 4.94. The van der Waals surface area contributed by atoms with E-state index in [-0.39, 0.29) is 5.91 Å². The number of carbonyl (C=O) groups excluding carboxylic acids is 1. The van der Waals surface area contributed by atoms with Crippen LogP contribution in [0.25, 0.3) is 0 Å².